The lowest BCUT2D eigenvalue weighted by molar-refractivity contribution is -0.114. The molecule has 114 valence electrons. The molecule has 0 unspecified atom stereocenters. The minimum absolute atomic E-state index is 0.124. The number of methoxy groups -OCH3 is 1. The molecule has 22 heavy (non-hydrogen) atoms. The van der Waals surface area contributed by atoms with Crippen LogP contribution in [0.4, 0.5) is 11.4 Å². The van der Waals surface area contributed by atoms with Crippen LogP contribution in [-0.4, -0.2) is 25.5 Å². The van der Waals surface area contributed by atoms with Crippen LogP contribution in [0.15, 0.2) is 53.0 Å². The fourth-order valence-electron chi connectivity index (χ4n) is 1.78. The van der Waals surface area contributed by atoms with Gasteiger partial charge in [0.05, 0.1) is 24.9 Å². The van der Waals surface area contributed by atoms with Crippen LogP contribution >= 0.6 is 15.9 Å². The van der Waals surface area contributed by atoms with Gasteiger partial charge in [0.25, 0.3) is 0 Å². The highest BCUT2D eigenvalue weighted by Crippen LogP contribution is 2.21. The Morgan fingerprint density at radius 2 is 1.77 bits per heavy atom. The van der Waals surface area contributed by atoms with E-state index < -0.39 is 5.97 Å². The molecule has 0 saturated carbocycles. The molecule has 2 aromatic carbocycles. The number of ether oxygens (including phenoxy) is 1. The van der Waals surface area contributed by atoms with Crippen LogP contribution in [0.1, 0.15) is 10.4 Å². The summed E-state index contributed by atoms with van der Waals surface area (Å²) in [6.07, 6.45) is 0. The van der Waals surface area contributed by atoms with E-state index in [1.54, 1.807) is 24.3 Å². The lowest BCUT2D eigenvalue weighted by Gasteiger charge is -2.09. The maximum atomic E-state index is 11.9. The fourth-order valence-corrected chi connectivity index (χ4v) is 2.17. The number of carbonyl (C=O) groups is 2. The third-order valence-corrected chi connectivity index (χ3v) is 3.60. The van der Waals surface area contributed by atoms with Crippen LogP contribution in [0, 0.1) is 0 Å². The number of benzene rings is 2. The van der Waals surface area contributed by atoms with Gasteiger partial charge in [-0.3, -0.25) is 4.79 Å². The normalized spacial score (nSPS) is 9.91. The number of esters is 1. The van der Waals surface area contributed by atoms with Crippen molar-refractivity contribution in [2.24, 2.45) is 0 Å². The second-order valence-electron chi connectivity index (χ2n) is 4.45. The number of hydrogen-bond donors (Lipinski definition) is 2. The summed E-state index contributed by atoms with van der Waals surface area (Å²) in [4.78, 5) is 23.2. The first-order chi connectivity index (χ1) is 10.6. The van der Waals surface area contributed by atoms with Crippen LogP contribution in [0.25, 0.3) is 0 Å². The lowest BCUT2D eigenvalue weighted by atomic mass is 10.2. The molecule has 2 rings (SSSR count). The number of nitrogens with one attached hydrogen (secondary N) is 2. The van der Waals surface area contributed by atoms with Gasteiger partial charge in [-0.15, -0.1) is 0 Å². The average Bonchev–Trinajstić information content (AvgIpc) is 2.55. The zero-order valence-corrected chi connectivity index (χ0v) is 13.5. The van der Waals surface area contributed by atoms with Gasteiger partial charge < -0.3 is 15.4 Å². The highest BCUT2D eigenvalue weighted by molar-refractivity contribution is 9.10. The van der Waals surface area contributed by atoms with E-state index in [9.17, 15) is 9.59 Å². The SMILES string of the molecule is COC(=O)c1ccc(NCC(=O)Nc2ccccc2Br)cc1. The van der Waals surface area contributed by atoms with Gasteiger partial charge in [-0.05, 0) is 52.3 Å². The minimum Gasteiger partial charge on any atom is -0.465 e. The second-order valence-corrected chi connectivity index (χ2v) is 5.30. The third-order valence-electron chi connectivity index (χ3n) is 2.91. The Hall–Kier alpha value is -2.34. The van der Waals surface area contributed by atoms with Crippen LogP contribution in [-0.2, 0) is 9.53 Å². The molecule has 0 aliphatic heterocycles. The first-order valence-corrected chi connectivity index (χ1v) is 7.36. The number of amides is 1. The quantitative estimate of drug-likeness (QED) is 0.800. The molecule has 2 N–H and O–H groups in total. The van der Waals surface area contributed by atoms with Crippen molar-refractivity contribution < 1.29 is 14.3 Å². The molecule has 0 radical (unpaired) electrons. The Morgan fingerprint density at radius 1 is 1.09 bits per heavy atom. The number of anilines is 2. The fraction of sp³-hybridized carbons (Fsp3) is 0.125. The van der Waals surface area contributed by atoms with Crippen molar-refractivity contribution in [1.29, 1.82) is 0 Å². The first kappa shape index (κ1) is 16.0. The Kier molecular flexibility index (Phi) is 5.55. The number of para-hydroxylation sites is 1. The molecule has 0 aliphatic carbocycles. The smallest absolute Gasteiger partial charge is 0.337 e. The predicted octanol–water partition coefficient (Wildman–Crippen LogP) is 3.29. The standard InChI is InChI=1S/C16H15BrN2O3/c1-22-16(21)11-6-8-12(9-7-11)18-10-15(20)19-14-5-3-2-4-13(14)17/h2-9,18H,10H2,1H3,(H,19,20). The van der Waals surface area contributed by atoms with Crippen molar-refractivity contribution in [2.75, 3.05) is 24.3 Å². The maximum absolute atomic E-state index is 11.9. The molecule has 0 atom stereocenters. The molecule has 0 bridgehead atoms. The summed E-state index contributed by atoms with van der Waals surface area (Å²) in [5.74, 6) is -0.554. The van der Waals surface area contributed by atoms with Gasteiger partial charge in [0.15, 0.2) is 0 Å². The van der Waals surface area contributed by atoms with Gasteiger partial charge in [0.1, 0.15) is 0 Å². The van der Waals surface area contributed by atoms with E-state index in [1.165, 1.54) is 7.11 Å². The van der Waals surface area contributed by atoms with E-state index in [2.05, 4.69) is 31.3 Å². The molecule has 1 amide bonds. The molecular formula is C16H15BrN2O3. The van der Waals surface area contributed by atoms with E-state index in [4.69, 9.17) is 0 Å². The van der Waals surface area contributed by atoms with Crippen LogP contribution in [0.2, 0.25) is 0 Å². The van der Waals surface area contributed by atoms with Gasteiger partial charge in [0, 0.05) is 10.2 Å². The molecule has 0 saturated heterocycles. The van der Waals surface area contributed by atoms with Crippen molar-refractivity contribution in [1.82, 2.24) is 0 Å². The van der Waals surface area contributed by atoms with Gasteiger partial charge in [0.2, 0.25) is 5.91 Å². The molecule has 2 aromatic rings. The molecule has 6 heteroatoms. The highest BCUT2D eigenvalue weighted by Gasteiger charge is 2.06. The van der Waals surface area contributed by atoms with Gasteiger partial charge in [-0.1, -0.05) is 12.1 Å². The molecule has 0 heterocycles. The zero-order valence-electron chi connectivity index (χ0n) is 11.9. The minimum atomic E-state index is -0.391. The molecule has 0 aliphatic rings. The lowest BCUT2D eigenvalue weighted by Crippen LogP contribution is -2.21. The largest absolute Gasteiger partial charge is 0.465 e. The number of carbonyl (C=O) groups excluding carboxylic acids is 2. The Morgan fingerprint density at radius 3 is 2.41 bits per heavy atom. The third kappa shape index (κ3) is 4.33. The maximum Gasteiger partial charge on any atom is 0.337 e. The summed E-state index contributed by atoms with van der Waals surface area (Å²) in [6, 6.07) is 14.1. The Bertz CT molecular complexity index is 671. The van der Waals surface area contributed by atoms with E-state index in [0.717, 1.165) is 15.8 Å². The number of halogens is 1. The predicted molar refractivity (Wildman–Crippen MR) is 89.0 cm³/mol. The number of hydrogen-bond acceptors (Lipinski definition) is 4. The summed E-state index contributed by atoms with van der Waals surface area (Å²) in [5, 5.41) is 5.79. The van der Waals surface area contributed by atoms with Crippen LogP contribution in [0.5, 0.6) is 0 Å². The van der Waals surface area contributed by atoms with Crippen molar-refractivity contribution in [3.63, 3.8) is 0 Å². The first-order valence-electron chi connectivity index (χ1n) is 6.57. The monoisotopic (exact) mass is 362 g/mol. The zero-order chi connectivity index (χ0) is 15.9. The second kappa shape index (κ2) is 7.61. The van der Waals surface area contributed by atoms with Crippen molar-refractivity contribution in [3.8, 4) is 0 Å². The van der Waals surface area contributed by atoms with E-state index in [0.29, 0.717) is 5.56 Å². The van der Waals surface area contributed by atoms with Crippen molar-refractivity contribution >= 4 is 39.2 Å². The van der Waals surface area contributed by atoms with Crippen LogP contribution in [0.3, 0.4) is 0 Å². The number of rotatable bonds is 5. The summed E-state index contributed by atoms with van der Waals surface area (Å²) < 4.78 is 5.45. The molecule has 0 fully saturated rings. The topological polar surface area (TPSA) is 67.4 Å². The van der Waals surface area contributed by atoms with Crippen molar-refractivity contribution in [3.05, 3.63) is 58.6 Å². The summed E-state index contributed by atoms with van der Waals surface area (Å²) in [7, 11) is 1.33. The summed E-state index contributed by atoms with van der Waals surface area (Å²) in [5.41, 5.74) is 1.93. The summed E-state index contributed by atoms with van der Waals surface area (Å²) >= 11 is 3.37. The van der Waals surface area contributed by atoms with E-state index in [-0.39, 0.29) is 12.5 Å². The van der Waals surface area contributed by atoms with Gasteiger partial charge >= 0.3 is 5.97 Å². The Labute approximate surface area is 136 Å². The van der Waals surface area contributed by atoms with E-state index >= 15 is 0 Å². The van der Waals surface area contributed by atoms with Gasteiger partial charge in [-0.25, -0.2) is 4.79 Å². The molecular weight excluding hydrogens is 348 g/mol. The Balaban J connectivity index is 1.89. The van der Waals surface area contributed by atoms with Gasteiger partial charge in [-0.2, -0.15) is 0 Å². The van der Waals surface area contributed by atoms with Crippen LogP contribution < -0.4 is 10.6 Å². The highest BCUT2D eigenvalue weighted by atomic mass is 79.9. The molecule has 0 spiro atoms. The average molecular weight is 363 g/mol. The molecule has 5 nitrogen and oxygen atoms in total. The van der Waals surface area contributed by atoms with E-state index in [1.807, 2.05) is 24.3 Å². The molecule has 0 aromatic heterocycles. The van der Waals surface area contributed by atoms with Crippen molar-refractivity contribution in [2.45, 2.75) is 0 Å². The summed E-state index contributed by atoms with van der Waals surface area (Å²) in [6.45, 7) is 0.124.